The Morgan fingerprint density at radius 3 is 2.67 bits per heavy atom. The number of esters is 1. The molecule has 0 aliphatic carbocycles. The van der Waals surface area contributed by atoms with Crippen LogP contribution in [0.1, 0.15) is 26.7 Å². The highest BCUT2D eigenvalue weighted by Crippen LogP contribution is 2.59. The summed E-state index contributed by atoms with van der Waals surface area (Å²) in [4.78, 5) is 57.3. The Labute approximate surface area is 245 Å². The van der Waals surface area contributed by atoms with E-state index in [-0.39, 0.29) is 25.4 Å². The Kier molecular flexibility index (Phi) is 8.11. The van der Waals surface area contributed by atoms with E-state index in [1.165, 1.54) is 9.80 Å². The van der Waals surface area contributed by atoms with Crippen LogP contribution in [0.3, 0.4) is 0 Å². The summed E-state index contributed by atoms with van der Waals surface area (Å²) >= 11 is 10.0. The summed E-state index contributed by atoms with van der Waals surface area (Å²) in [7, 11) is 0. The third kappa shape index (κ3) is 4.76. The van der Waals surface area contributed by atoms with Crippen molar-refractivity contribution >= 4 is 56.9 Å². The molecule has 4 aliphatic rings. The van der Waals surface area contributed by atoms with Crippen LogP contribution in [0.4, 0.5) is 5.69 Å². The van der Waals surface area contributed by atoms with E-state index in [0.717, 1.165) is 0 Å². The fourth-order valence-corrected chi connectivity index (χ4v) is 7.04. The lowest BCUT2D eigenvalue weighted by atomic mass is 9.74. The van der Waals surface area contributed by atoms with Gasteiger partial charge in [0.2, 0.25) is 11.8 Å². The third-order valence-corrected chi connectivity index (χ3v) is 8.91. The highest BCUT2D eigenvalue weighted by molar-refractivity contribution is 9.11. The molecule has 0 aromatic heterocycles. The van der Waals surface area contributed by atoms with E-state index in [0.29, 0.717) is 21.6 Å². The number of nitrogens with zero attached hydrogens (tertiary/aromatic N) is 2. The molecule has 7 atom stereocenters. The van der Waals surface area contributed by atoms with Gasteiger partial charge in [-0.25, -0.2) is 0 Å². The van der Waals surface area contributed by atoms with Crippen molar-refractivity contribution in [3.63, 3.8) is 0 Å². The number of nitrogens with one attached hydrogen (secondary N) is 1. The molecule has 2 N–H and O–H groups in total. The van der Waals surface area contributed by atoms with Crippen molar-refractivity contribution in [2.24, 2.45) is 11.8 Å². The average molecular weight is 637 g/mol. The minimum atomic E-state index is -1.47. The van der Waals surface area contributed by atoms with Crippen molar-refractivity contribution in [3.05, 3.63) is 52.0 Å². The average Bonchev–Trinajstić information content (AvgIpc) is 3.52. The van der Waals surface area contributed by atoms with E-state index in [2.05, 4.69) is 21.2 Å². The zero-order valence-electron chi connectivity index (χ0n) is 22.1. The summed E-state index contributed by atoms with van der Waals surface area (Å²) in [6.07, 6.45) is 4.45. The molecule has 0 saturated carbocycles. The number of halogens is 2. The Morgan fingerprint density at radius 2 is 1.95 bits per heavy atom. The predicted octanol–water partition coefficient (Wildman–Crippen LogP) is 2.32. The topological polar surface area (TPSA) is 125 Å². The molecule has 10 nitrogen and oxygen atoms in total. The normalized spacial score (nSPS) is 34.3. The van der Waals surface area contributed by atoms with Crippen molar-refractivity contribution in [1.82, 2.24) is 10.2 Å². The lowest BCUT2D eigenvalue weighted by Crippen LogP contribution is -2.58. The minimum absolute atomic E-state index is 0.105. The predicted molar refractivity (Wildman–Crippen MR) is 150 cm³/mol. The maximum atomic E-state index is 14.6. The van der Waals surface area contributed by atoms with Crippen molar-refractivity contribution in [2.75, 3.05) is 24.6 Å². The quantitative estimate of drug-likeness (QED) is 0.386. The van der Waals surface area contributed by atoms with E-state index in [4.69, 9.17) is 21.1 Å². The summed E-state index contributed by atoms with van der Waals surface area (Å²) < 4.78 is 12.6. The molecule has 12 heteroatoms. The monoisotopic (exact) mass is 635 g/mol. The fraction of sp³-hybridized carbons (Fsp3) is 0.500. The third-order valence-electron chi connectivity index (χ3n) is 7.92. The number of hydrogen-bond donors (Lipinski definition) is 2. The second-order valence-electron chi connectivity index (χ2n) is 10.6. The first kappa shape index (κ1) is 28.8. The zero-order valence-corrected chi connectivity index (χ0v) is 24.4. The first-order valence-corrected chi connectivity index (χ1v) is 14.4. The molecular weight excluding hydrogens is 606 g/mol. The summed E-state index contributed by atoms with van der Waals surface area (Å²) in [6, 6.07) is 4.94. The van der Waals surface area contributed by atoms with Gasteiger partial charge in [0.1, 0.15) is 29.8 Å². The van der Waals surface area contributed by atoms with E-state index in [9.17, 15) is 24.3 Å². The van der Waals surface area contributed by atoms with E-state index in [1.807, 2.05) is 0 Å². The number of para-hydroxylation sites is 1. The molecule has 5 bridgehead atoms. The molecule has 2 saturated heterocycles. The number of carbonyl (C=O) groups is 4. The van der Waals surface area contributed by atoms with Crippen LogP contribution in [0.5, 0.6) is 0 Å². The molecule has 1 spiro atoms. The van der Waals surface area contributed by atoms with Crippen LogP contribution in [0.15, 0.2) is 47.0 Å². The summed E-state index contributed by atoms with van der Waals surface area (Å²) in [5.41, 5.74) is -1.04. The molecule has 4 heterocycles. The maximum Gasteiger partial charge on any atom is 0.313 e. The molecule has 3 amide bonds. The Hall–Kier alpha value is -2.73. The smallest absolute Gasteiger partial charge is 0.313 e. The number of benzene rings is 1. The molecule has 1 aromatic rings. The minimum Gasteiger partial charge on any atom is -0.460 e. The summed E-state index contributed by atoms with van der Waals surface area (Å²) in [5.74, 6) is -3.88. The molecule has 40 heavy (non-hydrogen) atoms. The SMILES string of the molecule is C[C@H](CO)N1C(=O)[C@@H]2[C@H]3C(=O)O[C@@H](C)CNC(=O)CC/C=C\CN(c4ccccc4Cl)C(=O)[C@@H]1[C@]21C=C(Br)[C@H]3O1. The molecule has 5 rings (SSSR count). The number of hydrogen-bond acceptors (Lipinski definition) is 7. The van der Waals surface area contributed by atoms with Gasteiger partial charge in [-0.2, -0.15) is 0 Å². The van der Waals surface area contributed by atoms with E-state index >= 15 is 0 Å². The lowest BCUT2D eigenvalue weighted by Gasteiger charge is -2.38. The highest BCUT2D eigenvalue weighted by atomic mass is 79.9. The van der Waals surface area contributed by atoms with Crippen LogP contribution in [-0.4, -0.2) is 83.3 Å². The molecule has 4 aliphatic heterocycles. The first-order valence-electron chi connectivity index (χ1n) is 13.3. The Balaban J connectivity index is 1.65. The van der Waals surface area contributed by atoms with Gasteiger partial charge in [0, 0.05) is 17.4 Å². The van der Waals surface area contributed by atoms with Crippen molar-refractivity contribution in [1.29, 1.82) is 0 Å². The van der Waals surface area contributed by atoms with E-state index in [1.54, 1.807) is 56.3 Å². The second-order valence-corrected chi connectivity index (χ2v) is 11.9. The van der Waals surface area contributed by atoms with E-state index < -0.39 is 66.1 Å². The van der Waals surface area contributed by atoms with Gasteiger partial charge in [0.15, 0.2) is 0 Å². The number of aliphatic hydroxyl groups excluding tert-OH is 1. The van der Waals surface area contributed by atoms with Gasteiger partial charge in [0.05, 0.1) is 35.8 Å². The van der Waals surface area contributed by atoms with Gasteiger partial charge in [-0.05, 0) is 38.5 Å². The number of likely N-dealkylation sites (tertiary alicyclic amines) is 1. The molecular formula is C28H31BrClN3O7. The standard InChI is InChI=1S/C28H31BrClN3O7/c1-15(14-34)33-24-26(37)32(19-9-6-5-8-18(19)30)11-7-3-4-10-20(35)31-13-16(2)39-27(38)21-22(25(33)36)28(24)12-17(29)23(21)40-28/h3,5-9,12,15-16,21-24,34H,4,10-11,13-14H2,1-2H3,(H,31,35)/b7-3-/t15-,16+,21-,22+,23-,24-,28+/m1/s1. The highest BCUT2D eigenvalue weighted by Gasteiger charge is 2.75. The van der Waals surface area contributed by atoms with Crippen LogP contribution in [0.25, 0.3) is 0 Å². The Bertz CT molecular complexity index is 1290. The molecule has 0 unspecified atom stereocenters. The van der Waals surface area contributed by atoms with Gasteiger partial charge in [0.25, 0.3) is 5.91 Å². The summed E-state index contributed by atoms with van der Waals surface area (Å²) in [6.45, 7) is 3.12. The van der Waals surface area contributed by atoms with Crippen LogP contribution >= 0.6 is 27.5 Å². The fourth-order valence-electron chi connectivity index (χ4n) is 6.07. The first-order chi connectivity index (χ1) is 19.1. The maximum absolute atomic E-state index is 14.6. The number of carbonyl (C=O) groups excluding carboxylic acids is 4. The van der Waals surface area contributed by atoms with Crippen LogP contribution in [0, 0.1) is 11.8 Å². The zero-order chi connectivity index (χ0) is 28.8. The number of fused-ring (bicyclic) bond motifs is 2. The number of allylic oxidation sites excluding steroid dienone is 1. The van der Waals surface area contributed by atoms with Crippen molar-refractivity contribution < 1.29 is 33.8 Å². The molecule has 2 fully saturated rings. The number of cyclic esters (lactones) is 1. The number of ether oxygens (including phenoxy) is 2. The van der Waals surface area contributed by atoms with Crippen LogP contribution in [-0.2, 0) is 28.7 Å². The van der Waals surface area contributed by atoms with Crippen LogP contribution < -0.4 is 10.2 Å². The lowest BCUT2D eigenvalue weighted by molar-refractivity contribution is -0.159. The van der Waals surface area contributed by atoms with Gasteiger partial charge < -0.3 is 29.7 Å². The number of rotatable bonds is 3. The molecule has 1 aromatic carbocycles. The van der Waals surface area contributed by atoms with Gasteiger partial charge in [-0.15, -0.1) is 0 Å². The van der Waals surface area contributed by atoms with Gasteiger partial charge >= 0.3 is 5.97 Å². The number of anilines is 1. The second kappa shape index (κ2) is 11.3. The van der Waals surface area contributed by atoms with Crippen molar-refractivity contribution in [2.45, 2.75) is 56.6 Å². The van der Waals surface area contributed by atoms with Crippen LogP contribution in [0.2, 0.25) is 5.02 Å². The molecule has 0 radical (unpaired) electrons. The number of aliphatic hydroxyl groups is 1. The summed E-state index contributed by atoms with van der Waals surface area (Å²) in [5, 5.41) is 13.2. The molecule has 214 valence electrons. The van der Waals surface area contributed by atoms with Gasteiger partial charge in [-0.3, -0.25) is 19.2 Å². The number of amides is 3. The largest absolute Gasteiger partial charge is 0.460 e. The Morgan fingerprint density at radius 1 is 1.20 bits per heavy atom. The van der Waals surface area contributed by atoms with Crippen molar-refractivity contribution in [3.8, 4) is 0 Å². The van der Waals surface area contributed by atoms with Gasteiger partial charge in [-0.1, -0.05) is 51.8 Å².